The van der Waals surface area contributed by atoms with Crippen molar-refractivity contribution in [3.8, 4) is 0 Å². The third kappa shape index (κ3) is 1.69. The minimum absolute atomic E-state index is 1.13. The maximum atomic E-state index is 2.22. The fraction of sp³-hybridized carbons (Fsp3) is 0.417. The molecule has 0 nitrogen and oxygen atoms in total. The highest BCUT2D eigenvalue weighted by Gasteiger charge is 2.02. The van der Waals surface area contributed by atoms with Crippen molar-refractivity contribution in [2.45, 2.75) is 33.6 Å². The van der Waals surface area contributed by atoms with E-state index >= 15 is 0 Å². The van der Waals surface area contributed by atoms with Gasteiger partial charge in [0, 0.05) is 0 Å². The van der Waals surface area contributed by atoms with Crippen LogP contribution in [0.1, 0.15) is 37.5 Å². The molecular formula is C12H17. The Morgan fingerprint density at radius 3 is 1.92 bits per heavy atom. The van der Waals surface area contributed by atoms with Crippen molar-refractivity contribution in [3.05, 3.63) is 41.3 Å². The highest BCUT2D eigenvalue weighted by molar-refractivity contribution is 5.39. The van der Waals surface area contributed by atoms with E-state index in [1.54, 1.807) is 0 Å². The largest absolute Gasteiger partial charge is 0.0617 e. The quantitative estimate of drug-likeness (QED) is 0.637. The number of benzene rings is 1. The lowest BCUT2D eigenvalue weighted by Gasteiger charge is -2.09. The van der Waals surface area contributed by atoms with Crippen LogP contribution in [0.4, 0.5) is 0 Å². The summed E-state index contributed by atoms with van der Waals surface area (Å²) in [4.78, 5) is 0. The molecule has 1 aromatic carbocycles. The van der Waals surface area contributed by atoms with Gasteiger partial charge in [-0.2, -0.15) is 0 Å². The average Bonchev–Trinajstić information content (AvgIpc) is 2.16. The molecule has 12 heavy (non-hydrogen) atoms. The van der Waals surface area contributed by atoms with Crippen LogP contribution in [-0.2, 0) is 12.8 Å². The second-order valence-electron chi connectivity index (χ2n) is 2.99. The molecule has 0 unspecified atom stereocenters. The summed E-state index contributed by atoms with van der Waals surface area (Å²) in [5.41, 5.74) is 4.39. The van der Waals surface area contributed by atoms with E-state index in [0.717, 1.165) is 12.8 Å². The molecule has 1 radical (unpaired) electrons. The van der Waals surface area contributed by atoms with E-state index in [9.17, 15) is 0 Å². The molecule has 1 aromatic rings. The molecule has 0 heteroatoms. The van der Waals surface area contributed by atoms with E-state index in [0.29, 0.717) is 0 Å². The summed E-state index contributed by atoms with van der Waals surface area (Å²) < 4.78 is 0. The van der Waals surface area contributed by atoms with Crippen LogP contribution in [0.15, 0.2) is 18.2 Å². The molecule has 0 aliphatic rings. The van der Waals surface area contributed by atoms with Gasteiger partial charge in [0.15, 0.2) is 0 Å². The van der Waals surface area contributed by atoms with E-state index in [4.69, 9.17) is 0 Å². The van der Waals surface area contributed by atoms with Gasteiger partial charge in [0.25, 0.3) is 0 Å². The van der Waals surface area contributed by atoms with Crippen molar-refractivity contribution in [2.75, 3.05) is 0 Å². The Kier molecular flexibility index (Phi) is 3.33. The van der Waals surface area contributed by atoms with E-state index in [1.807, 2.05) is 0 Å². The van der Waals surface area contributed by atoms with Crippen LogP contribution >= 0.6 is 0 Å². The van der Waals surface area contributed by atoms with E-state index in [2.05, 4.69) is 45.4 Å². The molecule has 0 saturated carbocycles. The molecule has 1 rings (SSSR count). The van der Waals surface area contributed by atoms with Gasteiger partial charge >= 0.3 is 0 Å². The second kappa shape index (κ2) is 4.30. The zero-order valence-corrected chi connectivity index (χ0v) is 8.22. The second-order valence-corrected chi connectivity index (χ2v) is 2.99. The van der Waals surface area contributed by atoms with E-state index in [-0.39, 0.29) is 0 Å². The van der Waals surface area contributed by atoms with Crippen molar-refractivity contribution >= 4 is 0 Å². The van der Waals surface area contributed by atoms with Gasteiger partial charge in [-0.05, 0) is 36.0 Å². The molecule has 65 valence electrons. The summed E-state index contributed by atoms with van der Waals surface area (Å²) in [6.45, 7) is 6.54. The van der Waals surface area contributed by atoms with E-state index < -0.39 is 0 Å². The summed E-state index contributed by atoms with van der Waals surface area (Å²) in [5, 5.41) is 0. The summed E-state index contributed by atoms with van der Waals surface area (Å²) >= 11 is 0. The predicted molar refractivity (Wildman–Crippen MR) is 54.3 cm³/mol. The van der Waals surface area contributed by atoms with Crippen LogP contribution < -0.4 is 0 Å². The van der Waals surface area contributed by atoms with E-state index in [1.165, 1.54) is 16.7 Å². The average molecular weight is 161 g/mol. The molecule has 0 aliphatic carbocycles. The Morgan fingerprint density at radius 2 is 1.58 bits per heavy atom. The fourth-order valence-electron chi connectivity index (χ4n) is 1.65. The van der Waals surface area contributed by atoms with Gasteiger partial charge in [-0.15, -0.1) is 0 Å². The zero-order chi connectivity index (χ0) is 8.97. The Balaban J connectivity index is 3.13. The van der Waals surface area contributed by atoms with Crippen molar-refractivity contribution in [2.24, 2.45) is 0 Å². The van der Waals surface area contributed by atoms with Crippen LogP contribution in [0.5, 0.6) is 0 Å². The van der Waals surface area contributed by atoms with Gasteiger partial charge in [-0.1, -0.05) is 39.0 Å². The first-order chi connectivity index (χ1) is 5.83. The number of aryl methyl sites for hydroxylation is 2. The molecule has 0 aromatic heterocycles. The van der Waals surface area contributed by atoms with Crippen LogP contribution in [0, 0.1) is 6.42 Å². The summed E-state index contributed by atoms with van der Waals surface area (Å²) in [6, 6.07) is 6.59. The zero-order valence-electron chi connectivity index (χ0n) is 8.22. The molecule has 0 saturated heterocycles. The molecule has 0 heterocycles. The summed E-state index contributed by atoms with van der Waals surface area (Å²) in [6.07, 6.45) is 4.48. The minimum Gasteiger partial charge on any atom is -0.0617 e. The van der Waals surface area contributed by atoms with Gasteiger partial charge in [0.05, 0.1) is 0 Å². The smallest absolute Gasteiger partial charge is 0.0118 e. The van der Waals surface area contributed by atoms with Crippen LogP contribution in [-0.4, -0.2) is 0 Å². The van der Waals surface area contributed by atoms with Crippen LogP contribution in [0.3, 0.4) is 0 Å². The molecule has 0 bridgehead atoms. The Bertz CT molecular complexity index is 226. The number of rotatable bonds is 3. The normalized spacial score (nSPS) is 10.2. The Hall–Kier alpha value is -0.780. The number of hydrogen-bond acceptors (Lipinski definition) is 0. The lowest BCUT2D eigenvalue weighted by Crippen LogP contribution is -1.95. The molecule has 0 atom stereocenters. The number of hydrogen-bond donors (Lipinski definition) is 0. The summed E-state index contributed by atoms with van der Waals surface area (Å²) in [7, 11) is 0. The summed E-state index contributed by atoms with van der Waals surface area (Å²) in [5.74, 6) is 0. The van der Waals surface area contributed by atoms with Crippen molar-refractivity contribution in [1.82, 2.24) is 0 Å². The maximum absolute atomic E-state index is 2.22. The molecule has 0 aliphatic heterocycles. The highest BCUT2D eigenvalue weighted by atomic mass is 14.1. The third-order valence-electron chi connectivity index (χ3n) is 2.34. The molecule has 0 spiro atoms. The lowest BCUT2D eigenvalue weighted by molar-refractivity contribution is 1.05. The van der Waals surface area contributed by atoms with Crippen molar-refractivity contribution in [1.29, 1.82) is 0 Å². The van der Waals surface area contributed by atoms with Crippen LogP contribution in [0.25, 0.3) is 0 Å². The Morgan fingerprint density at radius 1 is 1.08 bits per heavy atom. The van der Waals surface area contributed by atoms with Gasteiger partial charge in [0.2, 0.25) is 0 Å². The molecular weight excluding hydrogens is 144 g/mol. The van der Waals surface area contributed by atoms with Crippen LogP contribution in [0.2, 0.25) is 0 Å². The molecule has 0 fully saturated rings. The first-order valence-corrected chi connectivity index (χ1v) is 4.73. The first-order valence-electron chi connectivity index (χ1n) is 4.73. The van der Waals surface area contributed by atoms with Crippen molar-refractivity contribution < 1.29 is 0 Å². The maximum Gasteiger partial charge on any atom is -0.0118 e. The van der Waals surface area contributed by atoms with Crippen molar-refractivity contribution in [3.63, 3.8) is 0 Å². The standard InChI is InChI=1S/C12H17/c1-4-10-8-7-9-11(5-2)12(10)6-3/h6-9H,4-5H2,1-3H3. The highest BCUT2D eigenvalue weighted by Crippen LogP contribution is 2.17. The van der Waals surface area contributed by atoms with Gasteiger partial charge in [-0.25, -0.2) is 0 Å². The molecule has 0 amide bonds. The molecule has 0 N–H and O–H groups in total. The SMILES string of the molecule is C[CH]c1c(CC)cccc1CC. The van der Waals surface area contributed by atoms with Gasteiger partial charge in [0.1, 0.15) is 0 Å². The third-order valence-corrected chi connectivity index (χ3v) is 2.34. The van der Waals surface area contributed by atoms with Gasteiger partial charge in [-0.3, -0.25) is 0 Å². The van der Waals surface area contributed by atoms with Gasteiger partial charge < -0.3 is 0 Å². The monoisotopic (exact) mass is 161 g/mol. The first kappa shape index (κ1) is 9.31. The fourth-order valence-corrected chi connectivity index (χ4v) is 1.65. The topological polar surface area (TPSA) is 0 Å². The Labute approximate surface area is 75.6 Å². The minimum atomic E-state index is 1.13. The predicted octanol–water partition coefficient (Wildman–Crippen LogP) is 3.38. The lowest BCUT2D eigenvalue weighted by atomic mass is 9.96.